The van der Waals surface area contributed by atoms with Crippen molar-refractivity contribution >= 4 is 27.5 Å². The van der Waals surface area contributed by atoms with Crippen molar-refractivity contribution in [3.8, 4) is 0 Å². The predicted molar refractivity (Wildman–Crippen MR) is 147 cm³/mol. The molecule has 39 heavy (non-hydrogen) atoms. The SMILES string of the molecule is CC(C)(C)NC(=O)[C@H](Cc1ccccc1)N(Cc1ccccc1F)C(=O)CN(c1ccc(F)cc1)S(C)(=O)=O. The first kappa shape index (κ1) is 29.8. The second kappa shape index (κ2) is 12.4. The van der Waals surface area contributed by atoms with Gasteiger partial charge in [0.05, 0.1) is 11.9 Å². The van der Waals surface area contributed by atoms with Gasteiger partial charge in [0, 0.05) is 24.1 Å². The maximum absolute atomic E-state index is 14.8. The summed E-state index contributed by atoms with van der Waals surface area (Å²) in [5.74, 6) is -2.33. The number of anilines is 1. The molecule has 2 amide bonds. The maximum Gasteiger partial charge on any atom is 0.244 e. The number of amides is 2. The quantitative estimate of drug-likeness (QED) is 0.403. The zero-order valence-electron chi connectivity index (χ0n) is 22.4. The minimum atomic E-state index is -3.99. The van der Waals surface area contributed by atoms with E-state index >= 15 is 0 Å². The number of hydrogen-bond acceptors (Lipinski definition) is 4. The van der Waals surface area contributed by atoms with Crippen LogP contribution in [0.3, 0.4) is 0 Å². The number of benzene rings is 3. The van der Waals surface area contributed by atoms with Crippen LogP contribution in [0.1, 0.15) is 31.9 Å². The van der Waals surface area contributed by atoms with E-state index in [0.29, 0.717) is 0 Å². The van der Waals surface area contributed by atoms with E-state index in [2.05, 4.69) is 5.32 Å². The van der Waals surface area contributed by atoms with Crippen molar-refractivity contribution < 1.29 is 26.8 Å². The van der Waals surface area contributed by atoms with Crippen LogP contribution in [0.2, 0.25) is 0 Å². The lowest BCUT2D eigenvalue weighted by molar-refractivity contribution is -0.140. The molecule has 0 saturated heterocycles. The van der Waals surface area contributed by atoms with Crippen LogP contribution in [0.15, 0.2) is 78.9 Å². The Bertz CT molecular complexity index is 1390. The molecule has 0 aromatic heterocycles. The Morgan fingerprint density at radius 2 is 1.49 bits per heavy atom. The lowest BCUT2D eigenvalue weighted by Crippen LogP contribution is -2.56. The molecule has 3 aromatic rings. The summed E-state index contributed by atoms with van der Waals surface area (Å²) in [6.45, 7) is 4.45. The molecule has 0 spiro atoms. The monoisotopic (exact) mass is 557 g/mol. The Kier molecular flexibility index (Phi) is 9.45. The van der Waals surface area contributed by atoms with Crippen LogP contribution in [-0.4, -0.2) is 49.5 Å². The van der Waals surface area contributed by atoms with E-state index in [1.165, 1.54) is 35.2 Å². The van der Waals surface area contributed by atoms with Gasteiger partial charge >= 0.3 is 0 Å². The summed E-state index contributed by atoms with van der Waals surface area (Å²) in [7, 11) is -3.99. The smallest absolute Gasteiger partial charge is 0.244 e. The summed E-state index contributed by atoms with van der Waals surface area (Å²) in [6.07, 6.45) is 1.04. The van der Waals surface area contributed by atoms with Crippen LogP contribution in [0.5, 0.6) is 0 Å². The third-order valence-electron chi connectivity index (χ3n) is 5.86. The highest BCUT2D eigenvalue weighted by atomic mass is 32.2. The van der Waals surface area contributed by atoms with Gasteiger partial charge in [-0.2, -0.15) is 0 Å². The summed E-state index contributed by atoms with van der Waals surface area (Å²) in [5.41, 5.74) is 0.374. The van der Waals surface area contributed by atoms with E-state index in [4.69, 9.17) is 0 Å². The van der Waals surface area contributed by atoms with Crippen LogP contribution in [0.4, 0.5) is 14.5 Å². The molecule has 0 bridgehead atoms. The summed E-state index contributed by atoms with van der Waals surface area (Å²) >= 11 is 0. The number of sulfonamides is 1. The third kappa shape index (κ3) is 8.61. The number of nitrogens with one attached hydrogen (secondary N) is 1. The molecule has 0 aliphatic rings. The van der Waals surface area contributed by atoms with E-state index in [-0.39, 0.29) is 24.2 Å². The molecule has 0 aliphatic heterocycles. The van der Waals surface area contributed by atoms with E-state index in [9.17, 15) is 26.8 Å². The van der Waals surface area contributed by atoms with Crippen molar-refractivity contribution in [2.24, 2.45) is 0 Å². The fourth-order valence-electron chi connectivity index (χ4n) is 4.04. The van der Waals surface area contributed by atoms with Gasteiger partial charge in [0.25, 0.3) is 0 Å². The van der Waals surface area contributed by atoms with Gasteiger partial charge in [0.1, 0.15) is 24.2 Å². The number of carbonyl (C=O) groups is 2. The van der Waals surface area contributed by atoms with Crippen molar-refractivity contribution in [2.45, 2.75) is 45.3 Å². The normalized spacial score (nSPS) is 12.5. The average Bonchev–Trinajstić information content (AvgIpc) is 2.85. The van der Waals surface area contributed by atoms with Gasteiger partial charge in [-0.25, -0.2) is 17.2 Å². The zero-order valence-corrected chi connectivity index (χ0v) is 23.2. The summed E-state index contributed by atoms with van der Waals surface area (Å²) < 4.78 is 54.5. The maximum atomic E-state index is 14.8. The topological polar surface area (TPSA) is 86.8 Å². The van der Waals surface area contributed by atoms with Gasteiger partial charge in [0.15, 0.2) is 0 Å². The van der Waals surface area contributed by atoms with E-state index < -0.39 is 51.6 Å². The number of halogens is 2. The van der Waals surface area contributed by atoms with Gasteiger partial charge in [-0.15, -0.1) is 0 Å². The predicted octanol–water partition coefficient (Wildman–Crippen LogP) is 4.29. The highest BCUT2D eigenvalue weighted by Gasteiger charge is 2.34. The minimum Gasteiger partial charge on any atom is -0.350 e. The molecule has 0 heterocycles. The number of nitrogens with zero attached hydrogens (tertiary/aromatic N) is 2. The van der Waals surface area contributed by atoms with Crippen molar-refractivity contribution in [2.75, 3.05) is 17.1 Å². The molecular weight excluding hydrogens is 524 g/mol. The number of rotatable bonds is 10. The second-order valence-corrected chi connectivity index (χ2v) is 12.2. The Balaban J connectivity index is 2.08. The molecule has 10 heteroatoms. The highest BCUT2D eigenvalue weighted by molar-refractivity contribution is 7.92. The molecule has 0 aliphatic carbocycles. The number of carbonyl (C=O) groups excluding carboxylic acids is 2. The van der Waals surface area contributed by atoms with Crippen molar-refractivity contribution in [1.29, 1.82) is 0 Å². The molecule has 0 radical (unpaired) electrons. The van der Waals surface area contributed by atoms with Gasteiger partial charge in [-0.3, -0.25) is 13.9 Å². The van der Waals surface area contributed by atoms with E-state index in [0.717, 1.165) is 28.3 Å². The Hall–Kier alpha value is -3.79. The molecule has 3 rings (SSSR count). The van der Waals surface area contributed by atoms with Crippen LogP contribution in [-0.2, 0) is 32.6 Å². The van der Waals surface area contributed by atoms with Gasteiger partial charge in [0.2, 0.25) is 21.8 Å². The van der Waals surface area contributed by atoms with E-state index in [1.807, 2.05) is 18.2 Å². The summed E-state index contributed by atoms with van der Waals surface area (Å²) in [4.78, 5) is 28.7. The van der Waals surface area contributed by atoms with Crippen molar-refractivity contribution in [1.82, 2.24) is 10.2 Å². The van der Waals surface area contributed by atoms with E-state index in [1.54, 1.807) is 39.0 Å². The molecule has 0 saturated carbocycles. The van der Waals surface area contributed by atoms with Gasteiger partial charge in [-0.05, 0) is 56.7 Å². The van der Waals surface area contributed by atoms with Crippen LogP contribution in [0, 0.1) is 11.6 Å². The molecule has 3 aromatic carbocycles. The first-order valence-electron chi connectivity index (χ1n) is 12.4. The summed E-state index contributed by atoms with van der Waals surface area (Å²) in [6, 6.07) is 18.5. The Labute approximate surface area is 228 Å². The Morgan fingerprint density at radius 1 is 0.897 bits per heavy atom. The molecular formula is C29H33F2N3O4S. The Morgan fingerprint density at radius 3 is 2.05 bits per heavy atom. The van der Waals surface area contributed by atoms with Crippen molar-refractivity contribution in [3.05, 3.63) is 102 Å². The van der Waals surface area contributed by atoms with Crippen molar-refractivity contribution in [3.63, 3.8) is 0 Å². The molecule has 0 fully saturated rings. The molecule has 0 unspecified atom stereocenters. The van der Waals surface area contributed by atoms with Crippen LogP contribution < -0.4 is 9.62 Å². The first-order valence-corrected chi connectivity index (χ1v) is 14.2. The largest absolute Gasteiger partial charge is 0.350 e. The average molecular weight is 558 g/mol. The first-order chi connectivity index (χ1) is 18.2. The number of hydrogen-bond donors (Lipinski definition) is 1. The molecule has 1 N–H and O–H groups in total. The highest BCUT2D eigenvalue weighted by Crippen LogP contribution is 2.22. The van der Waals surface area contributed by atoms with Crippen LogP contribution in [0.25, 0.3) is 0 Å². The molecule has 1 atom stereocenters. The van der Waals surface area contributed by atoms with Gasteiger partial charge < -0.3 is 10.2 Å². The molecule has 7 nitrogen and oxygen atoms in total. The fourth-order valence-corrected chi connectivity index (χ4v) is 4.89. The molecule has 208 valence electrons. The van der Waals surface area contributed by atoms with Gasteiger partial charge in [-0.1, -0.05) is 48.5 Å². The third-order valence-corrected chi connectivity index (χ3v) is 7.00. The zero-order chi connectivity index (χ0) is 28.8. The lowest BCUT2D eigenvalue weighted by Gasteiger charge is -2.35. The second-order valence-electron chi connectivity index (χ2n) is 10.3. The summed E-state index contributed by atoms with van der Waals surface area (Å²) in [5, 5.41) is 2.90. The lowest BCUT2D eigenvalue weighted by atomic mass is 10.0. The standard InChI is InChI=1S/C29H33F2N3O4S/c1-29(2,3)32-28(36)26(18-21-10-6-5-7-11-21)33(19-22-12-8-9-13-25(22)31)27(35)20-34(39(4,37)38)24-16-14-23(30)15-17-24/h5-17,26H,18-20H2,1-4H3,(H,32,36)/t26-/m0/s1. The minimum absolute atomic E-state index is 0.0804. The fraction of sp³-hybridized carbons (Fsp3) is 0.310. The van der Waals surface area contributed by atoms with Crippen LogP contribution >= 0.6 is 0 Å².